The summed E-state index contributed by atoms with van der Waals surface area (Å²) < 4.78 is 0. The minimum absolute atomic E-state index is 0.112. The Morgan fingerprint density at radius 3 is 2.94 bits per heavy atom. The number of nitrogens with zero attached hydrogens (tertiary/aromatic N) is 1. The molecule has 2 heterocycles. The zero-order chi connectivity index (χ0) is 11.0. The third-order valence-corrected chi connectivity index (χ3v) is 2.73. The average Bonchev–Trinajstić information content (AvgIpc) is 2.45. The number of Topliss-reactive ketones (excluding diaryl/α,β-unsaturated/α-hetero) is 1. The van der Waals surface area contributed by atoms with Gasteiger partial charge in [-0.1, -0.05) is 18.2 Å². The molecule has 0 atom stereocenters. The highest BCUT2D eigenvalue weighted by molar-refractivity contribution is 6.04. The molecule has 1 aliphatic heterocycles. The van der Waals surface area contributed by atoms with E-state index in [1.54, 1.807) is 12.3 Å². The van der Waals surface area contributed by atoms with Crippen LogP contribution in [0.5, 0.6) is 0 Å². The van der Waals surface area contributed by atoms with Gasteiger partial charge in [0, 0.05) is 18.3 Å². The molecule has 0 saturated heterocycles. The van der Waals surface area contributed by atoms with Crippen molar-refractivity contribution in [2.45, 2.75) is 6.42 Å². The normalized spacial score (nSPS) is 13.4. The van der Waals surface area contributed by atoms with E-state index in [0.29, 0.717) is 17.8 Å². The quantitative estimate of drug-likeness (QED) is 0.726. The van der Waals surface area contributed by atoms with Crippen LogP contribution in [0.15, 0.2) is 42.6 Å². The van der Waals surface area contributed by atoms with Crippen LogP contribution < -0.4 is 5.32 Å². The van der Waals surface area contributed by atoms with Gasteiger partial charge in [0.2, 0.25) is 0 Å². The lowest BCUT2D eigenvalue weighted by Crippen LogP contribution is -2.02. The number of aromatic nitrogens is 1. The first-order valence-corrected chi connectivity index (χ1v) is 5.18. The average molecular weight is 210 g/mol. The van der Waals surface area contributed by atoms with Gasteiger partial charge in [0.15, 0.2) is 5.78 Å². The summed E-state index contributed by atoms with van der Waals surface area (Å²) in [5.41, 5.74) is 2.65. The number of rotatable bonds is 0. The van der Waals surface area contributed by atoms with E-state index >= 15 is 0 Å². The van der Waals surface area contributed by atoms with E-state index in [0.717, 1.165) is 11.3 Å². The van der Waals surface area contributed by atoms with Crippen molar-refractivity contribution in [1.82, 2.24) is 4.98 Å². The van der Waals surface area contributed by atoms with Gasteiger partial charge in [-0.3, -0.25) is 4.79 Å². The fourth-order valence-corrected chi connectivity index (χ4v) is 1.92. The first-order chi connectivity index (χ1) is 7.84. The van der Waals surface area contributed by atoms with E-state index in [9.17, 15) is 4.79 Å². The fourth-order valence-electron chi connectivity index (χ4n) is 1.92. The van der Waals surface area contributed by atoms with Gasteiger partial charge < -0.3 is 5.32 Å². The van der Waals surface area contributed by atoms with Gasteiger partial charge in [0.1, 0.15) is 5.82 Å². The number of carbonyl (C=O) groups is 1. The predicted molar refractivity (Wildman–Crippen MR) is 62.0 cm³/mol. The topological polar surface area (TPSA) is 42.0 Å². The first-order valence-electron chi connectivity index (χ1n) is 5.18. The van der Waals surface area contributed by atoms with Crippen LogP contribution >= 0.6 is 0 Å². The Hall–Kier alpha value is -2.16. The number of hydrogen-bond acceptors (Lipinski definition) is 3. The molecule has 0 radical (unpaired) electrons. The summed E-state index contributed by atoms with van der Waals surface area (Å²) >= 11 is 0. The number of ketones is 1. The summed E-state index contributed by atoms with van der Waals surface area (Å²) in [6, 6.07) is 11.4. The van der Waals surface area contributed by atoms with Crippen LogP contribution in [0.1, 0.15) is 15.9 Å². The molecule has 3 heteroatoms. The second-order valence-electron chi connectivity index (χ2n) is 3.78. The standard InChI is InChI=1S/C13H10N2O/c16-12-8-9-4-1-2-6-11(9)15-13-10(12)5-3-7-14-13/h1-7H,8H2,(H,14,15). The van der Waals surface area contributed by atoms with Crippen LogP contribution in [0.4, 0.5) is 11.5 Å². The molecule has 0 bridgehead atoms. The van der Waals surface area contributed by atoms with Crippen molar-refractivity contribution in [3.63, 3.8) is 0 Å². The third kappa shape index (κ3) is 1.37. The lowest BCUT2D eigenvalue weighted by molar-refractivity contribution is 0.0994. The number of anilines is 2. The number of carbonyl (C=O) groups excluding carboxylic acids is 1. The van der Waals surface area contributed by atoms with Gasteiger partial charge in [-0.05, 0) is 23.8 Å². The molecule has 0 amide bonds. The lowest BCUT2D eigenvalue weighted by atomic mass is 10.0. The molecule has 16 heavy (non-hydrogen) atoms. The molecule has 2 aromatic rings. The van der Waals surface area contributed by atoms with Gasteiger partial charge >= 0.3 is 0 Å². The fraction of sp³-hybridized carbons (Fsp3) is 0.0769. The SMILES string of the molecule is O=C1Cc2ccccc2Nc2ncccc21. The van der Waals surface area contributed by atoms with E-state index in [1.165, 1.54) is 0 Å². The van der Waals surface area contributed by atoms with Gasteiger partial charge in [-0.2, -0.15) is 0 Å². The van der Waals surface area contributed by atoms with Gasteiger partial charge in [-0.25, -0.2) is 4.98 Å². The van der Waals surface area contributed by atoms with E-state index in [1.807, 2.05) is 30.3 Å². The van der Waals surface area contributed by atoms with Crippen molar-refractivity contribution < 1.29 is 4.79 Å². The molecular weight excluding hydrogens is 200 g/mol. The summed E-state index contributed by atoms with van der Waals surface area (Å²) in [5.74, 6) is 0.762. The molecule has 1 aromatic heterocycles. The van der Waals surface area contributed by atoms with Gasteiger partial charge in [0.05, 0.1) is 5.56 Å². The molecule has 0 aliphatic carbocycles. The summed E-state index contributed by atoms with van der Waals surface area (Å²) in [4.78, 5) is 16.2. The highest BCUT2D eigenvalue weighted by Gasteiger charge is 2.19. The van der Waals surface area contributed by atoms with Crippen LogP contribution in [-0.2, 0) is 6.42 Å². The Bertz CT molecular complexity index is 563. The van der Waals surface area contributed by atoms with Crippen molar-refractivity contribution in [2.75, 3.05) is 5.32 Å². The molecule has 0 saturated carbocycles. The molecule has 1 aromatic carbocycles. The highest BCUT2D eigenvalue weighted by atomic mass is 16.1. The molecule has 1 aliphatic rings. The third-order valence-electron chi connectivity index (χ3n) is 2.73. The maximum Gasteiger partial charge on any atom is 0.171 e. The largest absolute Gasteiger partial charge is 0.339 e. The number of pyridine rings is 1. The van der Waals surface area contributed by atoms with Gasteiger partial charge in [0.25, 0.3) is 0 Å². The van der Waals surface area contributed by atoms with Crippen LogP contribution in [-0.4, -0.2) is 10.8 Å². The van der Waals surface area contributed by atoms with Crippen molar-refractivity contribution in [3.05, 3.63) is 53.7 Å². The van der Waals surface area contributed by atoms with E-state index in [4.69, 9.17) is 0 Å². The van der Waals surface area contributed by atoms with E-state index in [2.05, 4.69) is 10.3 Å². The molecule has 0 spiro atoms. The molecule has 3 nitrogen and oxygen atoms in total. The maximum absolute atomic E-state index is 12.0. The molecule has 1 N–H and O–H groups in total. The lowest BCUT2D eigenvalue weighted by Gasteiger charge is -2.06. The molecular formula is C13H10N2O. The zero-order valence-electron chi connectivity index (χ0n) is 8.60. The van der Waals surface area contributed by atoms with Crippen molar-refractivity contribution in [2.24, 2.45) is 0 Å². The van der Waals surface area contributed by atoms with Crippen molar-refractivity contribution in [3.8, 4) is 0 Å². The van der Waals surface area contributed by atoms with Gasteiger partial charge in [-0.15, -0.1) is 0 Å². The van der Waals surface area contributed by atoms with Crippen molar-refractivity contribution in [1.29, 1.82) is 0 Å². The predicted octanol–water partition coefficient (Wildman–Crippen LogP) is 2.56. The molecule has 3 rings (SSSR count). The van der Waals surface area contributed by atoms with Crippen LogP contribution in [0.3, 0.4) is 0 Å². The molecule has 78 valence electrons. The van der Waals surface area contributed by atoms with Crippen LogP contribution in [0.2, 0.25) is 0 Å². The smallest absolute Gasteiger partial charge is 0.171 e. The second kappa shape index (κ2) is 3.45. The molecule has 0 unspecified atom stereocenters. The van der Waals surface area contributed by atoms with Crippen molar-refractivity contribution >= 4 is 17.3 Å². The number of fused-ring (bicyclic) bond motifs is 2. The minimum Gasteiger partial charge on any atom is -0.339 e. The zero-order valence-corrected chi connectivity index (χ0v) is 8.60. The minimum atomic E-state index is 0.112. The number of hydrogen-bond donors (Lipinski definition) is 1. The van der Waals surface area contributed by atoms with Crippen LogP contribution in [0.25, 0.3) is 0 Å². The Morgan fingerprint density at radius 2 is 2.00 bits per heavy atom. The number of nitrogens with one attached hydrogen (secondary N) is 1. The van der Waals surface area contributed by atoms with E-state index in [-0.39, 0.29) is 5.78 Å². The Balaban J connectivity index is 2.18. The summed E-state index contributed by atoms with van der Waals surface area (Å²) in [6.45, 7) is 0. The monoisotopic (exact) mass is 210 g/mol. The van der Waals surface area contributed by atoms with E-state index < -0.39 is 0 Å². The Morgan fingerprint density at radius 1 is 1.12 bits per heavy atom. The molecule has 0 fully saturated rings. The highest BCUT2D eigenvalue weighted by Crippen LogP contribution is 2.27. The summed E-state index contributed by atoms with van der Waals surface area (Å²) in [6.07, 6.45) is 2.12. The second-order valence-corrected chi connectivity index (χ2v) is 3.78. The maximum atomic E-state index is 12.0. The van der Waals surface area contributed by atoms with Crippen LogP contribution in [0, 0.1) is 0 Å². The Labute approximate surface area is 93.1 Å². The summed E-state index contributed by atoms with van der Waals surface area (Å²) in [5, 5.41) is 3.20. The Kier molecular flexibility index (Phi) is 1.96. The summed E-state index contributed by atoms with van der Waals surface area (Å²) in [7, 11) is 0. The first kappa shape index (κ1) is 9.09. The number of para-hydroxylation sites is 1. The number of benzene rings is 1.